The highest BCUT2D eigenvalue weighted by Crippen LogP contribution is 2.27. The van der Waals surface area contributed by atoms with E-state index in [1.807, 2.05) is 0 Å². The maximum atomic E-state index is 12.5. The van der Waals surface area contributed by atoms with Crippen LogP contribution in [0.25, 0.3) is 0 Å². The third-order valence-electron chi connectivity index (χ3n) is 3.43. The van der Waals surface area contributed by atoms with E-state index in [4.69, 9.17) is 16.3 Å². The molecular weight excluding hydrogens is 316 g/mol. The minimum absolute atomic E-state index is 0.00116. The van der Waals surface area contributed by atoms with Gasteiger partial charge in [-0.05, 0) is 25.8 Å². The fourth-order valence-corrected chi connectivity index (χ4v) is 4.16. The summed E-state index contributed by atoms with van der Waals surface area (Å²) in [4.78, 5) is 15.5. The van der Waals surface area contributed by atoms with Crippen molar-refractivity contribution in [2.24, 2.45) is 5.92 Å². The Morgan fingerprint density at radius 2 is 2.14 bits per heavy atom. The van der Waals surface area contributed by atoms with Crippen LogP contribution in [0.5, 0.6) is 0 Å². The molecule has 0 saturated carbocycles. The number of sulfonamides is 1. The van der Waals surface area contributed by atoms with E-state index in [9.17, 15) is 13.2 Å². The van der Waals surface area contributed by atoms with Gasteiger partial charge < -0.3 is 4.74 Å². The van der Waals surface area contributed by atoms with E-state index < -0.39 is 10.0 Å². The molecule has 2 rings (SSSR count). The molecule has 1 saturated heterocycles. The second-order valence-electron chi connectivity index (χ2n) is 4.74. The molecule has 6 nitrogen and oxygen atoms in total. The zero-order valence-corrected chi connectivity index (χ0v) is 13.2. The molecule has 0 atom stereocenters. The Labute approximate surface area is 129 Å². The average molecular weight is 333 g/mol. The molecule has 1 aliphatic heterocycles. The number of nitrogens with zero attached hydrogens (tertiary/aromatic N) is 2. The van der Waals surface area contributed by atoms with Crippen LogP contribution in [-0.4, -0.2) is 43.4 Å². The molecule has 0 unspecified atom stereocenters. The molecule has 1 fully saturated rings. The molecular formula is C13H17ClN2O4S. The zero-order valence-electron chi connectivity index (χ0n) is 11.7. The van der Waals surface area contributed by atoms with Crippen LogP contribution < -0.4 is 0 Å². The Morgan fingerprint density at radius 1 is 1.48 bits per heavy atom. The number of esters is 1. The molecule has 1 aromatic rings. The number of carbonyl (C=O) groups is 1. The van der Waals surface area contributed by atoms with E-state index in [0.717, 1.165) is 0 Å². The van der Waals surface area contributed by atoms with Crippen molar-refractivity contribution in [2.75, 3.05) is 19.7 Å². The lowest BCUT2D eigenvalue weighted by molar-refractivity contribution is -0.149. The Kier molecular flexibility index (Phi) is 5.18. The van der Waals surface area contributed by atoms with Gasteiger partial charge in [-0.1, -0.05) is 11.6 Å². The molecule has 21 heavy (non-hydrogen) atoms. The smallest absolute Gasteiger partial charge is 0.309 e. The standard InChI is InChI=1S/C13H17ClN2O4S/c1-2-20-13(17)10-4-7-16(8-5-10)21(18,19)12-9-15-6-3-11(12)14/h3,6,9-10H,2,4-5,7-8H2,1H3. The normalized spacial score (nSPS) is 17.6. The van der Waals surface area contributed by atoms with Crippen LogP contribution in [0, 0.1) is 5.92 Å². The first kappa shape index (κ1) is 16.2. The van der Waals surface area contributed by atoms with Crippen molar-refractivity contribution in [3.05, 3.63) is 23.5 Å². The second-order valence-corrected chi connectivity index (χ2v) is 7.05. The van der Waals surface area contributed by atoms with Crippen LogP contribution in [0.2, 0.25) is 5.02 Å². The molecule has 2 heterocycles. The topological polar surface area (TPSA) is 76.6 Å². The first-order chi connectivity index (χ1) is 9.96. The fourth-order valence-electron chi connectivity index (χ4n) is 2.28. The van der Waals surface area contributed by atoms with Gasteiger partial charge in [-0.15, -0.1) is 0 Å². The van der Waals surface area contributed by atoms with Crippen molar-refractivity contribution < 1.29 is 17.9 Å². The summed E-state index contributed by atoms with van der Waals surface area (Å²) in [5.41, 5.74) is 0. The summed E-state index contributed by atoms with van der Waals surface area (Å²) in [6, 6.07) is 1.44. The van der Waals surface area contributed by atoms with Gasteiger partial charge in [0.2, 0.25) is 10.0 Å². The summed E-state index contributed by atoms with van der Waals surface area (Å²) in [7, 11) is -3.67. The summed E-state index contributed by atoms with van der Waals surface area (Å²) in [5, 5.41) is 0.150. The van der Waals surface area contributed by atoms with Crippen LogP contribution in [0.3, 0.4) is 0 Å². The van der Waals surface area contributed by atoms with E-state index in [2.05, 4.69) is 4.98 Å². The Balaban J connectivity index is 2.08. The van der Waals surface area contributed by atoms with Crippen LogP contribution in [-0.2, 0) is 19.6 Å². The van der Waals surface area contributed by atoms with Gasteiger partial charge in [0.05, 0.1) is 17.5 Å². The molecule has 116 valence electrons. The fraction of sp³-hybridized carbons (Fsp3) is 0.538. The van der Waals surface area contributed by atoms with Crippen LogP contribution >= 0.6 is 11.6 Å². The van der Waals surface area contributed by atoms with E-state index in [1.54, 1.807) is 6.92 Å². The van der Waals surface area contributed by atoms with Gasteiger partial charge in [-0.2, -0.15) is 4.31 Å². The molecule has 0 N–H and O–H groups in total. The maximum absolute atomic E-state index is 12.5. The van der Waals surface area contributed by atoms with E-state index in [1.165, 1.54) is 22.8 Å². The highest BCUT2D eigenvalue weighted by atomic mass is 35.5. The molecule has 0 aromatic carbocycles. The SMILES string of the molecule is CCOC(=O)C1CCN(S(=O)(=O)c2cnccc2Cl)CC1. The van der Waals surface area contributed by atoms with Crippen molar-refractivity contribution in [3.63, 3.8) is 0 Å². The van der Waals surface area contributed by atoms with Gasteiger partial charge >= 0.3 is 5.97 Å². The molecule has 0 bridgehead atoms. The van der Waals surface area contributed by atoms with Crippen molar-refractivity contribution >= 4 is 27.6 Å². The minimum Gasteiger partial charge on any atom is -0.466 e. The van der Waals surface area contributed by atoms with Gasteiger partial charge in [-0.3, -0.25) is 9.78 Å². The predicted molar refractivity (Wildman–Crippen MR) is 77.4 cm³/mol. The van der Waals surface area contributed by atoms with Crippen molar-refractivity contribution in [1.29, 1.82) is 0 Å². The Hall–Kier alpha value is -1.18. The van der Waals surface area contributed by atoms with E-state index in [0.29, 0.717) is 19.4 Å². The molecule has 0 amide bonds. The van der Waals surface area contributed by atoms with Crippen molar-refractivity contribution in [3.8, 4) is 0 Å². The summed E-state index contributed by atoms with van der Waals surface area (Å²) in [5.74, 6) is -0.491. The van der Waals surface area contributed by atoms with Gasteiger partial charge in [0, 0.05) is 25.5 Å². The monoisotopic (exact) mass is 332 g/mol. The summed E-state index contributed by atoms with van der Waals surface area (Å²) in [6.45, 7) is 2.64. The summed E-state index contributed by atoms with van der Waals surface area (Å²) in [6.07, 6.45) is 3.59. The Bertz CT molecular complexity index is 612. The van der Waals surface area contributed by atoms with Gasteiger partial charge in [-0.25, -0.2) is 8.42 Å². The zero-order chi connectivity index (χ0) is 15.5. The number of piperidine rings is 1. The lowest BCUT2D eigenvalue weighted by Gasteiger charge is -2.30. The molecule has 0 aliphatic carbocycles. The van der Waals surface area contributed by atoms with Crippen LogP contribution in [0.15, 0.2) is 23.4 Å². The summed E-state index contributed by atoms with van der Waals surface area (Å²) >= 11 is 5.93. The van der Waals surface area contributed by atoms with Gasteiger partial charge in [0.1, 0.15) is 4.90 Å². The third-order valence-corrected chi connectivity index (χ3v) is 5.79. The first-order valence-electron chi connectivity index (χ1n) is 6.73. The third kappa shape index (κ3) is 3.53. The number of hydrogen-bond acceptors (Lipinski definition) is 5. The average Bonchev–Trinajstić information content (AvgIpc) is 2.48. The lowest BCUT2D eigenvalue weighted by Crippen LogP contribution is -2.40. The lowest BCUT2D eigenvalue weighted by atomic mass is 9.98. The molecule has 0 spiro atoms. The number of rotatable bonds is 4. The number of halogens is 1. The molecule has 1 aromatic heterocycles. The number of pyridine rings is 1. The predicted octanol–water partition coefficient (Wildman–Crippen LogP) is 1.70. The van der Waals surface area contributed by atoms with Crippen molar-refractivity contribution in [1.82, 2.24) is 9.29 Å². The number of aromatic nitrogens is 1. The molecule has 1 aliphatic rings. The van der Waals surface area contributed by atoms with Crippen LogP contribution in [0.4, 0.5) is 0 Å². The highest BCUT2D eigenvalue weighted by Gasteiger charge is 2.33. The minimum atomic E-state index is -3.67. The Morgan fingerprint density at radius 3 is 2.71 bits per heavy atom. The largest absolute Gasteiger partial charge is 0.466 e. The van der Waals surface area contributed by atoms with Gasteiger partial charge in [0.25, 0.3) is 0 Å². The van der Waals surface area contributed by atoms with E-state index in [-0.39, 0.29) is 34.9 Å². The second kappa shape index (κ2) is 6.72. The van der Waals surface area contributed by atoms with Crippen LogP contribution in [0.1, 0.15) is 19.8 Å². The maximum Gasteiger partial charge on any atom is 0.309 e. The van der Waals surface area contributed by atoms with Crippen molar-refractivity contribution in [2.45, 2.75) is 24.7 Å². The number of hydrogen-bond donors (Lipinski definition) is 0. The quantitative estimate of drug-likeness (QED) is 0.784. The van der Waals surface area contributed by atoms with Gasteiger partial charge in [0.15, 0.2) is 0 Å². The molecule has 8 heteroatoms. The van der Waals surface area contributed by atoms with E-state index >= 15 is 0 Å². The first-order valence-corrected chi connectivity index (χ1v) is 8.55. The highest BCUT2D eigenvalue weighted by molar-refractivity contribution is 7.89. The number of carbonyl (C=O) groups excluding carboxylic acids is 1. The number of ether oxygens (including phenoxy) is 1. The molecule has 0 radical (unpaired) electrons. The summed E-state index contributed by atoms with van der Waals surface area (Å²) < 4.78 is 31.3.